The zero-order chi connectivity index (χ0) is 18.7. The molecule has 0 amide bonds. The highest BCUT2D eigenvalue weighted by molar-refractivity contribution is 7.88. The fourth-order valence-electron chi connectivity index (χ4n) is 2.59. The van der Waals surface area contributed by atoms with Crippen LogP contribution in [0, 0.1) is 10.1 Å². The third kappa shape index (κ3) is 4.12. The lowest BCUT2D eigenvalue weighted by Gasteiger charge is -2.29. The van der Waals surface area contributed by atoms with Crippen LogP contribution in [0.25, 0.3) is 0 Å². The maximum absolute atomic E-state index is 12.5. The Bertz CT molecular complexity index is 898. The second kappa shape index (κ2) is 7.30. The monoisotopic (exact) mass is 378 g/mol. The molecule has 0 fully saturated rings. The van der Waals surface area contributed by atoms with Crippen molar-refractivity contribution < 1.29 is 22.8 Å². The lowest BCUT2D eigenvalue weighted by molar-refractivity contribution is -0.384. The number of nitro benzene ring substituents is 1. The second-order valence-electron chi connectivity index (χ2n) is 5.96. The van der Waals surface area contributed by atoms with Gasteiger partial charge < -0.3 is 9.47 Å². The molecule has 1 atom stereocenters. The molecule has 0 aliphatic carbocycles. The van der Waals surface area contributed by atoms with Crippen LogP contribution in [-0.4, -0.2) is 43.9 Å². The zero-order valence-corrected chi connectivity index (χ0v) is 14.9. The van der Waals surface area contributed by atoms with E-state index in [0.717, 1.165) is 0 Å². The molecule has 0 spiro atoms. The number of hydrogen-bond acceptors (Lipinski definition) is 6. The molecule has 2 aromatic carbocycles. The summed E-state index contributed by atoms with van der Waals surface area (Å²) in [5.74, 6) is 0.983. The summed E-state index contributed by atoms with van der Waals surface area (Å²) in [6, 6.07) is 12.7. The van der Waals surface area contributed by atoms with E-state index in [1.807, 2.05) is 12.1 Å². The van der Waals surface area contributed by atoms with Crippen molar-refractivity contribution in [3.63, 3.8) is 0 Å². The fraction of sp³-hybridized carbons (Fsp3) is 0.294. The first kappa shape index (κ1) is 18.2. The van der Waals surface area contributed by atoms with E-state index in [0.29, 0.717) is 17.1 Å². The number of fused-ring (bicyclic) bond motifs is 1. The molecule has 0 saturated heterocycles. The Labute approximate surface area is 151 Å². The van der Waals surface area contributed by atoms with E-state index in [9.17, 15) is 18.5 Å². The normalized spacial score (nSPS) is 16.5. The van der Waals surface area contributed by atoms with Gasteiger partial charge in [0.05, 0.1) is 17.2 Å². The first-order valence-electron chi connectivity index (χ1n) is 7.91. The molecule has 0 saturated carbocycles. The predicted octanol–water partition coefficient (Wildman–Crippen LogP) is 2.20. The summed E-state index contributed by atoms with van der Waals surface area (Å²) in [7, 11) is -2.12. The standard InChI is InChI=1S/C17H18N2O6S/c1-18(10-15-11-24-16-4-2-3-5-17(16)25-15)26(22,23)12-13-6-8-14(9-7-13)19(20)21/h2-9,15H,10-12H2,1H3. The summed E-state index contributed by atoms with van der Waals surface area (Å²) < 4.78 is 37.7. The number of benzene rings is 2. The zero-order valence-electron chi connectivity index (χ0n) is 14.1. The summed E-state index contributed by atoms with van der Waals surface area (Å²) in [5.41, 5.74) is 0.402. The van der Waals surface area contributed by atoms with Crippen LogP contribution in [-0.2, 0) is 15.8 Å². The van der Waals surface area contributed by atoms with Crippen LogP contribution < -0.4 is 9.47 Å². The average molecular weight is 378 g/mol. The molecule has 0 N–H and O–H groups in total. The Hall–Kier alpha value is -2.65. The van der Waals surface area contributed by atoms with E-state index in [-0.39, 0.29) is 24.6 Å². The fourth-order valence-corrected chi connectivity index (χ4v) is 3.82. The molecule has 1 aliphatic rings. The van der Waals surface area contributed by atoms with Crippen LogP contribution in [0.15, 0.2) is 48.5 Å². The van der Waals surface area contributed by atoms with Crippen molar-refractivity contribution in [1.29, 1.82) is 0 Å². The van der Waals surface area contributed by atoms with Crippen molar-refractivity contribution in [1.82, 2.24) is 4.31 Å². The van der Waals surface area contributed by atoms with Gasteiger partial charge in [-0.1, -0.05) is 24.3 Å². The van der Waals surface area contributed by atoms with E-state index in [1.165, 1.54) is 35.6 Å². The van der Waals surface area contributed by atoms with Gasteiger partial charge in [-0.05, 0) is 17.7 Å². The second-order valence-corrected chi connectivity index (χ2v) is 8.03. The van der Waals surface area contributed by atoms with E-state index < -0.39 is 21.1 Å². The molecule has 2 aromatic rings. The molecule has 3 rings (SSSR count). The summed E-state index contributed by atoms with van der Waals surface area (Å²) in [5, 5.41) is 10.7. The molecule has 9 heteroatoms. The lowest BCUT2D eigenvalue weighted by atomic mass is 10.2. The predicted molar refractivity (Wildman–Crippen MR) is 94.7 cm³/mol. The van der Waals surface area contributed by atoms with Crippen LogP contribution in [0.4, 0.5) is 5.69 Å². The number of ether oxygens (including phenoxy) is 2. The van der Waals surface area contributed by atoms with Crippen molar-refractivity contribution in [2.24, 2.45) is 0 Å². The van der Waals surface area contributed by atoms with Gasteiger partial charge >= 0.3 is 0 Å². The average Bonchev–Trinajstić information content (AvgIpc) is 2.61. The largest absolute Gasteiger partial charge is 0.486 e. The molecule has 1 heterocycles. The van der Waals surface area contributed by atoms with Crippen LogP contribution in [0.5, 0.6) is 11.5 Å². The maximum Gasteiger partial charge on any atom is 0.269 e. The number of hydrogen-bond donors (Lipinski definition) is 0. The molecular formula is C17H18N2O6S. The van der Waals surface area contributed by atoms with E-state index in [1.54, 1.807) is 12.1 Å². The Kier molecular flexibility index (Phi) is 5.10. The number of para-hydroxylation sites is 2. The molecular weight excluding hydrogens is 360 g/mol. The highest BCUT2D eigenvalue weighted by atomic mass is 32.2. The van der Waals surface area contributed by atoms with Crippen molar-refractivity contribution in [3.05, 3.63) is 64.2 Å². The first-order chi connectivity index (χ1) is 12.3. The van der Waals surface area contributed by atoms with Crippen molar-refractivity contribution in [3.8, 4) is 11.5 Å². The number of non-ortho nitro benzene ring substituents is 1. The topological polar surface area (TPSA) is 99.0 Å². The number of sulfonamides is 1. The van der Waals surface area contributed by atoms with E-state index >= 15 is 0 Å². The molecule has 1 aliphatic heterocycles. The Morgan fingerprint density at radius 1 is 1.15 bits per heavy atom. The van der Waals surface area contributed by atoms with Gasteiger partial charge in [-0.15, -0.1) is 0 Å². The number of nitrogens with zero attached hydrogens (tertiary/aromatic N) is 2. The van der Waals surface area contributed by atoms with Gasteiger partial charge in [0.25, 0.3) is 5.69 Å². The Morgan fingerprint density at radius 3 is 2.46 bits per heavy atom. The van der Waals surface area contributed by atoms with Gasteiger partial charge in [0.15, 0.2) is 11.5 Å². The van der Waals surface area contributed by atoms with Gasteiger partial charge in [-0.2, -0.15) is 0 Å². The van der Waals surface area contributed by atoms with Crippen LogP contribution in [0.2, 0.25) is 0 Å². The minimum atomic E-state index is -3.60. The molecule has 0 aromatic heterocycles. The van der Waals surface area contributed by atoms with Gasteiger partial charge in [-0.25, -0.2) is 12.7 Å². The lowest BCUT2D eigenvalue weighted by Crippen LogP contribution is -2.42. The molecule has 26 heavy (non-hydrogen) atoms. The summed E-state index contributed by atoms with van der Waals surface area (Å²) in [4.78, 5) is 10.1. The summed E-state index contributed by atoms with van der Waals surface area (Å²) in [6.45, 7) is 0.401. The number of nitro groups is 1. The summed E-state index contributed by atoms with van der Waals surface area (Å²) >= 11 is 0. The van der Waals surface area contributed by atoms with E-state index in [2.05, 4.69) is 0 Å². The number of likely N-dealkylation sites (N-methyl/N-ethyl adjacent to an activating group) is 1. The SMILES string of the molecule is CN(CC1COc2ccccc2O1)S(=O)(=O)Cc1ccc([N+](=O)[O-])cc1. The first-order valence-corrected chi connectivity index (χ1v) is 9.52. The quantitative estimate of drug-likeness (QED) is 0.564. The Morgan fingerprint density at radius 2 is 1.81 bits per heavy atom. The minimum absolute atomic E-state index is 0.0778. The molecule has 8 nitrogen and oxygen atoms in total. The third-order valence-electron chi connectivity index (χ3n) is 4.00. The van der Waals surface area contributed by atoms with Gasteiger partial charge in [0.1, 0.15) is 12.7 Å². The minimum Gasteiger partial charge on any atom is -0.486 e. The molecule has 0 bridgehead atoms. The van der Waals surface area contributed by atoms with Crippen molar-refractivity contribution >= 4 is 15.7 Å². The number of rotatable bonds is 6. The highest BCUT2D eigenvalue weighted by Gasteiger charge is 2.27. The third-order valence-corrected chi connectivity index (χ3v) is 5.80. The molecule has 138 valence electrons. The van der Waals surface area contributed by atoms with Gasteiger partial charge in [0.2, 0.25) is 10.0 Å². The van der Waals surface area contributed by atoms with Crippen molar-refractivity contribution in [2.45, 2.75) is 11.9 Å². The smallest absolute Gasteiger partial charge is 0.269 e. The maximum atomic E-state index is 12.5. The molecule has 0 radical (unpaired) electrons. The van der Waals surface area contributed by atoms with Gasteiger partial charge in [0, 0.05) is 19.2 Å². The van der Waals surface area contributed by atoms with E-state index in [4.69, 9.17) is 9.47 Å². The van der Waals surface area contributed by atoms with Crippen LogP contribution in [0.1, 0.15) is 5.56 Å². The van der Waals surface area contributed by atoms with Crippen molar-refractivity contribution in [2.75, 3.05) is 20.2 Å². The summed E-state index contributed by atoms with van der Waals surface area (Å²) in [6.07, 6.45) is -0.415. The molecule has 1 unspecified atom stereocenters. The van der Waals surface area contributed by atoms with Crippen LogP contribution in [0.3, 0.4) is 0 Å². The van der Waals surface area contributed by atoms with Crippen LogP contribution >= 0.6 is 0 Å². The Balaban J connectivity index is 1.63. The highest BCUT2D eigenvalue weighted by Crippen LogP contribution is 2.31. The van der Waals surface area contributed by atoms with Gasteiger partial charge in [-0.3, -0.25) is 10.1 Å².